The Kier molecular flexibility index (Phi) is 10.8. The monoisotopic (exact) mass is 444 g/mol. The lowest BCUT2D eigenvalue weighted by Crippen LogP contribution is -2.49. The lowest BCUT2D eigenvalue weighted by Gasteiger charge is -2.35. The summed E-state index contributed by atoms with van der Waals surface area (Å²) in [6.07, 6.45) is 0. The summed E-state index contributed by atoms with van der Waals surface area (Å²) in [4.78, 5) is 28.6. The second-order valence-corrected chi connectivity index (χ2v) is 7.97. The Morgan fingerprint density at radius 3 is 1.87 bits per heavy atom. The molecule has 0 bridgehead atoms. The summed E-state index contributed by atoms with van der Waals surface area (Å²) in [7, 11) is 1.83. The zero-order valence-electron chi connectivity index (χ0n) is 19.9. The fraction of sp³-hybridized carbons (Fsp3) is 0.462. The summed E-state index contributed by atoms with van der Waals surface area (Å²) in [5.74, 6) is 0.0675. The molecule has 0 saturated carbocycles. The summed E-state index contributed by atoms with van der Waals surface area (Å²) >= 11 is 5.76. The van der Waals surface area contributed by atoms with Crippen LogP contribution in [0.4, 0.5) is 4.79 Å². The number of carbonyl (C=O) groups is 2. The van der Waals surface area contributed by atoms with Gasteiger partial charge in [-0.05, 0) is 36.6 Å². The average molecular weight is 445 g/mol. The molecule has 2 aromatic rings. The van der Waals surface area contributed by atoms with Gasteiger partial charge in [-0.2, -0.15) is 0 Å². The fourth-order valence-corrected chi connectivity index (χ4v) is 4.06. The number of benzene rings is 2. The van der Waals surface area contributed by atoms with Gasteiger partial charge >= 0.3 is 5.37 Å². The van der Waals surface area contributed by atoms with Gasteiger partial charge in [0.15, 0.2) is 0 Å². The van der Waals surface area contributed by atoms with E-state index in [9.17, 15) is 9.59 Å². The molecule has 3 rings (SSSR count). The molecule has 4 nitrogen and oxygen atoms in total. The number of likely N-dealkylation sites (N-methyl/N-ethyl adjacent to an activating group) is 1. The van der Waals surface area contributed by atoms with Crippen molar-refractivity contribution in [2.24, 2.45) is 0 Å². The highest BCUT2D eigenvalue weighted by Crippen LogP contribution is 2.34. The van der Waals surface area contributed by atoms with Gasteiger partial charge in [-0.15, -0.1) is 0 Å². The van der Waals surface area contributed by atoms with E-state index in [4.69, 9.17) is 11.6 Å². The van der Waals surface area contributed by atoms with Gasteiger partial charge < -0.3 is 9.80 Å². The molecule has 1 aliphatic rings. The molecule has 1 saturated heterocycles. The molecular formula is C26H37ClN2O2. The molecule has 170 valence electrons. The number of halogens is 1. The van der Waals surface area contributed by atoms with E-state index in [0.29, 0.717) is 13.1 Å². The van der Waals surface area contributed by atoms with Crippen molar-refractivity contribution in [3.05, 3.63) is 71.8 Å². The standard InChI is InChI=1S/C22H25ClN2O2.2C2H6/c1-22(2,17-12-8-5-9-13-17)20(26)24(3)19-15-25(21(23)27)14-18(19)16-10-6-4-7-11-16;2*1-2/h4-13,18-19H,14-15H2,1-3H3;2*1-2H3/t18-,19+;;/m0../s1. The quantitative estimate of drug-likeness (QED) is 0.410. The van der Waals surface area contributed by atoms with Gasteiger partial charge in [0.25, 0.3) is 0 Å². The summed E-state index contributed by atoms with van der Waals surface area (Å²) in [5, 5.41) is -0.471. The maximum Gasteiger partial charge on any atom is 0.316 e. The number of likely N-dealkylation sites (tertiary alicyclic amines) is 1. The normalized spacial score (nSPS) is 17.6. The topological polar surface area (TPSA) is 40.6 Å². The number of amides is 2. The van der Waals surface area contributed by atoms with Crippen molar-refractivity contribution >= 4 is 22.9 Å². The summed E-state index contributed by atoms with van der Waals surface area (Å²) in [6.45, 7) is 12.8. The Labute approximate surface area is 193 Å². The van der Waals surface area contributed by atoms with Crippen LogP contribution < -0.4 is 0 Å². The first kappa shape index (κ1) is 26.7. The third-order valence-electron chi connectivity index (χ3n) is 5.61. The van der Waals surface area contributed by atoms with Crippen LogP contribution in [0.3, 0.4) is 0 Å². The first-order valence-corrected chi connectivity index (χ1v) is 11.5. The molecule has 0 aliphatic carbocycles. The van der Waals surface area contributed by atoms with E-state index in [1.807, 2.05) is 109 Å². The Bertz CT molecular complexity index is 809. The molecule has 2 aromatic carbocycles. The average Bonchev–Trinajstić information content (AvgIpc) is 3.28. The highest BCUT2D eigenvalue weighted by atomic mass is 35.5. The van der Waals surface area contributed by atoms with Crippen LogP contribution in [0, 0.1) is 0 Å². The summed E-state index contributed by atoms with van der Waals surface area (Å²) in [5.41, 5.74) is 1.43. The van der Waals surface area contributed by atoms with Crippen molar-refractivity contribution in [1.82, 2.24) is 9.80 Å². The number of nitrogens with zero attached hydrogens (tertiary/aromatic N) is 2. The lowest BCUT2D eigenvalue weighted by molar-refractivity contribution is -0.137. The number of carbonyl (C=O) groups excluding carboxylic acids is 2. The maximum atomic E-state index is 13.4. The van der Waals surface area contributed by atoms with E-state index in [2.05, 4.69) is 0 Å². The van der Waals surface area contributed by atoms with E-state index >= 15 is 0 Å². The number of hydrogen-bond acceptors (Lipinski definition) is 2. The highest BCUT2D eigenvalue weighted by Gasteiger charge is 2.43. The van der Waals surface area contributed by atoms with Crippen molar-refractivity contribution in [1.29, 1.82) is 0 Å². The van der Waals surface area contributed by atoms with Crippen molar-refractivity contribution < 1.29 is 9.59 Å². The van der Waals surface area contributed by atoms with Gasteiger partial charge in [0.05, 0.1) is 11.5 Å². The molecule has 1 aliphatic heterocycles. The van der Waals surface area contributed by atoms with Crippen LogP contribution in [0.15, 0.2) is 60.7 Å². The molecule has 1 heterocycles. The Morgan fingerprint density at radius 1 is 0.903 bits per heavy atom. The molecule has 5 heteroatoms. The second kappa shape index (κ2) is 12.5. The Morgan fingerprint density at radius 2 is 1.39 bits per heavy atom. The largest absolute Gasteiger partial charge is 0.340 e. The first-order chi connectivity index (χ1) is 14.8. The number of hydrogen-bond donors (Lipinski definition) is 0. The lowest BCUT2D eigenvalue weighted by atomic mass is 9.82. The van der Waals surface area contributed by atoms with Crippen LogP contribution in [-0.2, 0) is 10.2 Å². The van der Waals surface area contributed by atoms with Crippen molar-refractivity contribution in [3.63, 3.8) is 0 Å². The van der Waals surface area contributed by atoms with Crippen LogP contribution >= 0.6 is 11.6 Å². The van der Waals surface area contributed by atoms with E-state index in [-0.39, 0.29) is 17.9 Å². The molecule has 2 amide bonds. The second-order valence-electron chi connectivity index (χ2n) is 7.65. The van der Waals surface area contributed by atoms with E-state index < -0.39 is 10.8 Å². The van der Waals surface area contributed by atoms with Crippen LogP contribution in [0.2, 0.25) is 0 Å². The Hall–Kier alpha value is -2.33. The molecule has 0 aromatic heterocycles. The van der Waals surface area contributed by atoms with Gasteiger partial charge in [0, 0.05) is 26.1 Å². The Balaban J connectivity index is 0.00000113. The molecule has 1 fully saturated rings. The van der Waals surface area contributed by atoms with Crippen LogP contribution in [0.1, 0.15) is 58.6 Å². The predicted molar refractivity (Wildman–Crippen MR) is 131 cm³/mol. The van der Waals surface area contributed by atoms with Gasteiger partial charge in [-0.3, -0.25) is 9.59 Å². The minimum Gasteiger partial charge on any atom is -0.340 e. The minimum absolute atomic E-state index is 0.0310. The van der Waals surface area contributed by atoms with E-state index in [1.54, 1.807) is 9.80 Å². The fourth-order valence-electron chi connectivity index (χ4n) is 3.92. The first-order valence-electron chi connectivity index (χ1n) is 11.1. The zero-order chi connectivity index (χ0) is 23.6. The van der Waals surface area contributed by atoms with Crippen LogP contribution in [0.25, 0.3) is 0 Å². The molecular weight excluding hydrogens is 408 g/mol. The van der Waals surface area contributed by atoms with Crippen molar-refractivity contribution in [2.45, 2.75) is 58.9 Å². The summed E-state index contributed by atoms with van der Waals surface area (Å²) in [6, 6.07) is 19.7. The minimum atomic E-state index is -0.657. The summed E-state index contributed by atoms with van der Waals surface area (Å²) < 4.78 is 0. The highest BCUT2D eigenvalue weighted by molar-refractivity contribution is 6.62. The molecule has 0 spiro atoms. The van der Waals surface area contributed by atoms with Gasteiger partial charge in [-0.1, -0.05) is 88.4 Å². The SMILES string of the molecule is CC.CC.CN(C(=O)C(C)(C)c1ccccc1)[C@@H]1CN(C(=O)Cl)C[C@H]1c1ccccc1. The molecule has 31 heavy (non-hydrogen) atoms. The van der Waals surface area contributed by atoms with E-state index in [1.165, 1.54) is 0 Å². The third-order valence-corrected chi connectivity index (χ3v) is 5.85. The molecule has 2 atom stereocenters. The van der Waals surface area contributed by atoms with Crippen molar-refractivity contribution in [2.75, 3.05) is 20.1 Å². The smallest absolute Gasteiger partial charge is 0.316 e. The molecule has 0 radical (unpaired) electrons. The van der Waals surface area contributed by atoms with Gasteiger partial charge in [0.1, 0.15) is 0 Å². The van der Waals surface area contributed by atoms with E-state index in [0.717, 1.165) is 11.1 Å². The third kappa shape index (κ3) is 6.33. The number of rotatable bonds is 4. The van der Waals surface area contributed by atoms with Gasteiger partial charge in [0.2, 0.25) is 5.91 Å². The zero-order valence-corrected chi connectivity index (χ0v) is 20.7. The molecule has 0 unspecified atom stereocenters. The molecule has 0 N–H and O–H groups in total. The predicted octanol–water partition coefficient (Wildman–Crippen LogP) is 6.30. The van der Waals surface area contributed by atoms with Gasteiger partial charge in [-0.25, -0.2) is 0 Å². The maximum absolute atomic E-state index is 13.4. The van der Waals surface area contributed by atoms with Crippen LogP contribution in [0.5, 0.6) is 0 Å². The van der Waals surface area contributed by atoms with Crippen molar-refractivity contribution in [3.8, 4) is 0 Å². The van der Waals surface area contributed by atoms with Crippen LogP contribution in [-0.4, -0.2) is 47.3 Å².